The highest BCUT2D eigenvalue weighted by Gasteiger charge is 2.18. The van der Waals surface area contributed by atoms with Crippen molar-refractivity contribution in [3.8, 4) is 0 Å². The number of hydrogen-bond donors (Lipinski definition) is 0. The van der Waals surface area contributed by atoms with Gasteiger partial charge in [-0.2, -0.15) is 0 Å². The number of halogens is 2. The fourth-order valence-corrected chi connectivity index (χ4v) is 2.75. The van der Waals surface area contributed by atoms with Crippen LogP contribution in [0, 0.1) is 25.5 Å². The molecular weight excluding hydrogens is 292 g/mol. The first kappa shape index (κ1) is 17.2. The molecule has 0 bridgehead atoms. The molecule has 0 heterocycles. The molecule has 0 radical (unpaired) electrons. The normalized spacial score (nSPS) is 10.9. The average Bonchev–Trinajstić information content (AvgIpc) is 2.47. The predicted molar refractivity (Wildman–Crippen MR) is 93.5 cm³/mol. The van der Waals surface area contributed by atoms with Crippen LogP contribution in [0.4, 0.5) is 20.2 Å². The lowest BCUT2D eigenvalue weighted by Gasteiger charge is -2.31. The Hall–Kier alpha value is -2.16. The number of aryl methyl sites for hydroxylation is 2. The van der Waals surface area contributed by atoms with Crippen molar-refractivity contribution in [3.63, 3.8) is 0 Å². The van der Waals surface area contributed by atoms with E-state index in [0.29, 0.717) is 17.5 Å². The minimum absolute atomic E-state index is 0.114. The van der Waals surface area contributed by atoms with Crippen molar-refractivity contribution >= 4 is 11.4 Å². The summed E-state index contributed by atoms with van der Waals surface area (Å²) in [5.41, 5.74) is 3.70. The monoisotopic (exact) mass is 315 g/mol. The van der Waals surface area contributed by atoms with E-state index in [1.165, 1.54) is 12.1 Å². The van der Waals surface area contributed by atoms with Gasteiger partial charge in [0.15, 0.2) is 0 Å². The molecule has 2 aromatic carbocycles. The van der Waals surface area contributed by atoms with Crippen LogP contribution < -0.4 is 4.90 Å². The first-order valence-electron chi connectivity index (χ1n) is 7.80. The summed E-state index contributed by atoms with van der Waals surface area (Å²) in [7, 11) is 0. The smallest absolute Gasteiger partial charge is 0.128 e. The van der Waals surface area contributed by atoms with Crippen LogP contribution in [0.5, 0.6) is 0 Å². The van der Waals surface area contributed by atoms with Crippen molar-refractivity contribution in [1.82, 2.24) is 0 Å². The van der Waals surface area contributed by atoms with Crippen LogP contribution in [-0.4, -0.2) is 6.04 Å². The van der Waals surface area contributed by atoms with Gasteiger partial charge >= 0.3 is 0 Å². The van der Waals surface area contributed by atoms with E-state index in [9.17, 15) is 8.78 Å². The van der Waals surface area contributed by atoms with Gasteiger partial charge in [0.25, 0.3) is 0 Å². The van der Waals surface area contributed by atoms with E-state index in [0.717, 1.165) is 16.9 Å². The number of rotatable bonds is 5. The topological polar surface area (TPSA) is 3.24 Å². The van der Waals surface area contributed by atoms with Crippen LogP contribution in [0.2, 0.25) is 0 Å². The third-order valence-corrected chi connectivity index (χ3v) is 3.93. The highest BCUT2D eigenvalue weighted by molar-refractivity contribution is 5.68. The SMILES string of the molecule is C=CCc1ccc(N(c2cc(C)c(F)cc2C)C(C)C)cc1F. The van der Waals surface area contributed by atoms with Crippen LogP contribution in [0.3, 0.4) is 0 Å². The Morgan fingerprint density at radius 1 is 1.04 bits per heavy atom. The van der Waals surface area contributed by atoms with Crippen LogP contribution in [-0.2, 0) is 6.42 Å². The molecule has 0 aliphatic heterocycles. The first-order valence-corrected chi connectivity index (χ1v) is 7.80. The van der Waals surface area contributed by atoms with Crippen LogP contribution >= 0.6 is 0 Å². The summed E-state index contributed by atoms with van der Waals surface area (Å²) in [5, 5.41) is 0. The summed E-state index contributed by atoms with van der Waals surface area (Å²) >= 11 is 0. The molecule has 0 spiro atoms. The number of anilines is 2. The lowest BCUT2D eigenvalue weighted by atomic mass is 10.1. The molecule has 2 rings (SSSR count). The second kappa shape index (κ2) is 6.95. The molecule has 0 aliphatic carbocycles. The zero-order chi connectivity index (χ0) is 17.1. The van der Waals surface area contributed by atoms with Crippen molar-refractivity contribution in [2.24, 2.45) is 0 Å². The Morgan fingerprint density at radius 2 is 1.74 bits per heavy atom. The van der Waals surface area contributed by atoms with Crippen molar-refractivity contribution in [2.45, 2.75) is 40.2 Å². The third-order valence-electron chi connectivity index (χ3n) is 3.93. The second-order valence-corrected chi connectivity index (χ2v) is 6.12. The standard InChI is InChI=1S/C20H23F2N/c1-6-7-16-8-9-17(12-19(16)22)23(13(2)3)20-11-14(4)18(21)10-15(20)5/h6,8-13H,1,7H2,2-5H3. The lowest BCUT2D eigenvalue weighted by Crippen LogP contribution is -2.26. The molecule has 0 N–H and O–H groups in total. The number of nitrogens with zero attached hydrogens (tertiary/aromatic N) is 1. The largest absolute Gasteiger partial charge is 0.339 e. The van der Waals surface area contributed by atoms with E-state index in [1.807, 2.05) is 37.8 Å². The van der Waals surface area contributed by atoms with Gasteiger partial charge in [-0.15, -0.1) is 6.58 Å². The molecule has 23 heavy (non-hydrogen) atoms. The van der Waals surface area contributed by atoms with Gasteiger partial charge in [0.1, 0.15) is 11.6 Å². The van der Waals surface area contributed by atoms with Crippen molar-refractivity contribution in [3.05, 3.63) is 71.3 Å². The minimum atomic E-state index is -0.246. The highest BCUT2D eigenvalue weighted by atomic mass is 19.1. The predicted octanol–water partition coefficient (Wildman–Crippen LogP) is 5.86. The number of hydrogen-bond acceptors (Lipinski definition) is 1. The molecule has 0 atom stereocenters. The van der Waals surface area contributed by atoms with Gasteiger partial charge < -0.3 is 4.90 Å². The molecule has 0 aromatic heterocycles. The summed E-state index contributed by atoms with van der Waals surface area (Å²) in [6.45, 7) is 11.3. The van der Waals surface area contributed by atoms with Crippen molar-refractivity contribution in [1.29, 1.82) is 0 Å². The van der Waals surface area contributed by atoms with Gasteiger partial charge in [-0.3, -0.25) is 0 Å². The molecule has 0 aliphatic rings. The minimum Gasteiger partial charge on any atom is -0.339 e. The zero-order valence-electron chi connectivity index (χ0n) is 14.2. The molecular formula is C20H23F2N. The molecule has 0 unspecified atom stereocenters. The van der Waals surface area contributed by atoms with Crippen LogP contribution in [0.25, 0.3) is 0 Å². The van der Waals surface area contributed by atoms with Gasteiger partial charge in [-0.05, 0) is 75.1 Å². The van der Waals surface area contributed by atoms with Crippen molar-refractivity contribution < 1.29 is 8.78 Å². The Balaban J connectivity index is 2.53. The summed E-state index contributed by atoms with van der Waals surface area (Å²) in [4.78, 5) is 2.03. The summed E-state index contributed by atoms with van der Waals surface area (Å²) in [6, 6.07) is 8.69. The Morgan fingerprint density at radius 3 is 2.30 bits per heavy atom. The fourth-order valence-electron chi connectivity index (χ4n) is 2.75. The van der Waals surface area contributed by atoms with Crippen LogP contribution in [0.15, 0.2) is 43.0 Å². The van der Waals surface area contributed by atoms with E-state index in [2.05, 4.69) is 6.58 Å². The number of allylic oxidation sites excluding steroid dienone is 1. The average molecular weight is 315 g/mol. The molecule has 0 fully saturated rings. The van der Waals surface area contributed by atoms with E-state index in [-0.39, 0.29) is 17.7 Å². The maximum absolute atomic E-state index is 14.3. The summed E-state index contributed by atoms with van der Waals surface area (Å²) in [6.07, 6.45) is 2.19. The molecule has 3 heteroatoms. The lowest BCUT2D eigenvalue weighted by molar-refractivity contribution is 0.612. The third kappa shape index (κ3) is 3.61. The number of benzene rings is 2. The van der Waals surface area contributed by atoms with Gasteiger partial charge in [-0.1, -0.05) is 12.1 Å². The quantitative estimate of drug-likeness (QED) is 0.625. The highest BCUT2D eigenvalue weighted by Crippen LogP contribution is 2.33. The Kier molecular flexibility index (Phi) is 5.19. The maximum Gasteiger partial charge on any atom is 0.128 e. The van der Waals surface area contributed by atoms with Crippen LogP contribution in [0.1, 0.15) is 30.5 Å². The van der Waals surface area contributed by atoms with E-state index in [1.54, 1.807) is 19.1 Å². The second-order valence-electron chi connectivity index (χ2n) is 6.12. The van der Waals surface area contributed by atoms with E-state index >= 15 is 0 Å². The molecule has 0 saturated heterocycles. The fraction of sp³-hybridized carbons (Fsp3) is 0.300. The molecule has 1 nitrogen and oxygen atoms in total. The van der Waals surface area contributed by atoms with Gasteiger partial charge in [0, 0.05) is 17.4 Å². The summed E-state index contributed by atoms with van der Waals surface area (Å²) in [5.74, 6) is -0.466. The maximum atomic E-state index is 14.3. The zero-order valence-corrected chi connectivity index (χ0v) is 14.2. The van der Waals surface area contributed by atoms with Crippen molar-refractivity contribution in [2.75, 3.05) is 4.90 Å². The molecule has 122 valence electrons. The Bertz CT molecular complexity index is 720. The van der Waals surface area contributed by atoms with E-state index in [4.69, 9.17) is 0 Å². The van der Waals surface area contributed by atoms with Gasteiger partial charge in [0.2, 0.25) is 0 Å². The molecule has 2 aromatic rings. The summed E-state index contributed by atoms with van der Waals surface area (Å²) < 4.78 is 28.0. The van der Waals surface area contributed by atoms with Gasteiger partial charge in [-0.25, -0.2) is 8.78 Å². The molecule has 0 amide bonds. The Labute approximate surface area is 137 Å². The molecule has 0 saturated carbocycles. The first-order chi connectivity index (χ1) is 10.8. The van der Waals surface area contributed by atoms with Gasteiger partial charge in [0.05, 0.1) is 0 Å². The van der Waals surface area contributed by atoms with E-state index < -0.39 is 0 Å².